The molecule has 2 saturated heterocycles. The van der Waals surface area contributed by atoms with Gasteiger partial charge in [0, 0.05) is 19.6 Å². The minimum absolute atomic E-state index is 0.228. The van der Waals surface area contributed by atoms with Crippen molar-refractivity contribution in [2.24, 2.45) is 0 Å². The van der Waals surface area contributed by atoms with E-state index < -0.39 is 11.6 Å². The van der Waals surface area contributed by atoms with E-state index in [-0.39, 0.29) is 17.5 Å². The van der Waals surface area contributed by atoms with Crippen LogP contribution in [0.25, 0.3) is 0 Å². The van der Waals surface area contributed by atoms with Crippen LogP contribution in [-0.2, 0) is 11.3 Å². The van der Waals surface area contributed by atoms with E-state index in [9.17, 15) is 14.0 Å². The highest BCUT2D eigenvalue weighted by atomic mass is 19.1. The van der Waals surface area contributed by atoms with Crippen molar-refractivity contribution in [3.63, 3.8) is 0 Å². The Morgan fingerprint density at radius 1 is 1.32 bits per heavy atom. The number of halogens is 1. The average Bonchev–Trinajstić information content (AvgIpc) is 2.76. The van der Waals surface area contributed by atoms with Gasteiger partial charge in [-0.15, -0.1) is 0 Å². The summed E-state index contributed by atoms with van der Waals surface area (Å²) in [5.41, 5.74) is 0.0906. The number of amides is 3. The Balaban J connectivity index is 1.61. The van der Waals surface area contributed by atoms with E-state index in [2.05, 4.69) is 15.5 Å². The monoisotopic (exact) mass is 307 g/mol. The highest BCUT2D eigenvalue weighted by Gasteiger charge is 2.47. The number of nitrogens with one attached hydrogen (secondary N) is 2. The molecule has 118 valence electrons. The van der Waals surface area contributed by atoms with Crippen LogP contribution < -0.4 is 15.4 Å². The van der Waals surface area contributed by atoms with Gasteiger partial charge in [-0.1, -0.05) is 6.07 Å². The van der Waals surface area contributed by atoms with Crippen LogP contribution in [0, 0.1) is 5.82 Å². The number of hydrogen-bond donors (Lipinski definition) is 2. The molecule has 6 nitrogen and oxygen atoms in total. The van der Waals surface area contributed by atoms with Gasteiger partial charge in [0.05, 0.1) is 7.11 Å². The summed E-state index contributed by atoms with van der Waals surface area (Å²) < 4.78 is 18.6. The molecule has 7 heteroatoms. The van der Waals surface area contributed by atoms with Crippen LogP contribution in [0.2, 0.25) is 0 Å². The first-order valence-electron chi connectivity index (χ1n) is 7.21. The van der Waals surface area contributed by atoms with E-state index in [0.717, 1.165) is 5.56 Å². The topological polar surface area (TPSA) is 70.7 Å². The summed E-state index contributed by atoms with van der Waals surface area (Å²) in [6, 6.07) is 4.49. The number of piperidine rings is 1. The molecule has 22 heavy (non-hydrogen) atoms. The molecule has 2 aliphatic heterocycles. The number of hydrogen-bond acceptors (Lipinski definition) is 4. The Labute approximate surface area is 127 Å². The van der Waals surface area contributed by atoms with Gasteiger partial charge in [0.25, 0.3) is 5.91 Å². The summed E-state index contributed by atoms with van der Waals surface area (Å²) >= 11 is 0. The third kappa shape index (κ3) is 2.64. The molecular weight excluding hydrogens is 289 g/mol. The molecule has 2 fully saturated rings. The number of rotatable bonds is 3. The van der Waals surface area contributed by atoms with Crippen molar-refractivity contribution in [1.82, 2.24) is 15.5 Å². The summed E-state index contributed by atoms with van der Waals surface area (Å²) in [4.78, 5) is 25.3. The Morgan fingerprint density at radius 3 is 2.59 bits per heavy atom. The molecular formula is C15H18FN3O3. The van der Waals surface area contributed by atoms with Crippen molar-refractivity contribution in [3.05, 3.63) is 29.6 Å². The second-order valence-corrected chi connectivity index (χ2v) is 5.74. The molecule has 3 rings (SSSR count). The SMILES string of the molecule is COc1ccc(CN2CCC3(CC2)NC(=O)NC3=O)cc1F. The maximum atomic E-state index is 13.7. The van der Waals surface area contributed by atoms with E-state index in [1.807, 2.05) is 6.07 Å². The lowest BCUT2D eigenvalue weighted by molar-refractivity contribution is -0.125. The Kier molecular flexibility index (Phi) is 3.74. The molecule has 0 aliphatic carbocycles. The standard InChI is InChI=1S/C15H18FN3O3/c1-22-12-3-2-10(8-11(12)16)9-19-6-4-15(5-7-19)13(20)17-14(21)18-15/h2-3,8H,4-7,9H2,1H3,(H2,17,18,20,21). The van der Waals surface area contributed by atoms with E-state index >= 15 is 0 Å². The minimum atomic E-state index is -0.765. The van der Waals surface area contributed by atoms with E-state index in [0.29, 0.717) is 32.5 Å². The summed E-state index contributed by atoms with van der Waals surface area (Å²) in [6.07, 6.45) is 1.12. The van der Waals surface area contributed by atoms with Gasteiger partial charge in [-0.3, -0.25) is 15.0 Å². The second kappa shape index (κ2) is 5.57. The fourth-order valence-electron chi connectivity index (χ4n) is 3.04. The normalized spacial score (nSPS) is 20.8. The Morgan fingerprint density at radius 2 is 2.05 bits per heavy atom. The summed E-state index contributed by atoms with van der Waals surface area (Å²) in [6.45, 7) is 1.94. The van der Waals surface area contributed by atoms with Crippen molar-refractivity contribution in [3.8, 4) is 5.75 Å². The summed E-state index contributed by atoms with van der Waals surface area (Å²) in [7, 11) is 1.43. The van der Waals surface area contributed by atoms with Gasteiger partial charge in [-0.05, 0) is 30.5 Å². The van der Waals surface area contributed by atoms with Crippen LogP contribution in [0.4, 0.5) is 9.18 Å². The molecule has 2 aliphatic rings. The van der Waals surface area contributed by atoms with Crippen molar-refractivity contribution in [2.75, 3.05) is 20.2 Å². The number of likely N-dealkylation sites (tertiary alicyclic amines) is 1. The van der Waals surface area contributed by atoms with Crippen LogP contribution >= 0.6 is 0 Å². The van der Waals surface area contributed by atoms with Gasteiger partial charge < -0.3 is 10.1 Å². The van der Waals surface area contributed by atoms with Crippen molar-refractivity contribution in [2.45, 2.75) is 24.9 Å². The predicted molar refractivity (Wildman–Crippen MR) is 76.9 cm³/mol. The second-order valence-electron chi connectivity index (χ2n) is 5.74. The Bertz CT molecular complexity index is 612. The third-order valence-electron chi connectivity index (χ3n) is 4.35. The lowest BCUT2D eigenvalue weighted by Gasteiger charge is -2.37. The lowest BCUT2D eigenvalue weighted by atomic mass is 9.87. The van der Waals surface area contributed by atoms with Gasteiger partial charge >= 0.3 is 6.03 Å². The van der Waals surface area contributed by atoms with E-state index in [1.165, 1.54) is 13.2 Å². The van der Waals surface area contributed by atoms with Crippen LogP contribution in [0.3, 0.4) is 0 Å². The number of methoxy groups -OCH3 is 1. The smallest absolute Gasteiger partial charge is 0.322 e. The number of carbonyl (C=O) groups excluding carboxylic acids is 2. The fourth-order valence-corrected chi connectivity index (χ4v) is 3.04. The van der Waals surface area contributed by atoms with Crippen molar-refractivity contribution < 1.29 is 18.7 Å². The zero-order valence-electron chi connectivity index (χ0n) is 12.3. The highest BCUT2D eigenvalue weighted by molar-refractivity contribution is 6.07. The first-order valence-corrected chi connectivity index (χ1v) is 7.21. The average molecular weight is 307 g/mol. The number of imide groups is 1. The molecule has 0 unspecified atom stereocenters. The lowest BCUT2D eigenvalue weighted by Crippen LogP contribution is -2.54. The molecule has 3 amide bonds. The van der Waals surface area contributed by atoms with Gasteiger partial charge in [-0.25, -0.2) is 9.18 Å². The Hall–Kier alpha value is -2.15. The van der Waals surface area contributed by atoms with Crippen LogP contribution in [-0.4, -0.2) is 42.6 Å². The van der Waals surface area contributed by atoms with E-state index in [4.69, 9.17) is 4.74 Å². The maximum Gasteiger partial charge on any atom is 0.322 e. The van der Waals surface area contributed by atoms with Gasteiger partial charge in [0.1, 0.15) is 5.54 Å². The number of carbonyl (C=O) groups is 2. The summed E-state index contributed by atoms with van der Waals surface area (Å²) in [5.74, 6) is -0.393. The van der Waals surface area contributed by atoms with Crippen LogP contribution in [0.15, 0.2) is 18.2 Å². The van der Waals surface area contributed by atoms with Crippen molar-refractivity contribution >= 4 is 11.9 Å². The minimum Gasteiger partial charge on any atom is -0.494 e. The predicted octanol–water partition coefficient (Wildman–Crippen LogP) is 1.01. The maximum absolute atomic E-state index is 13.7. The molecule has 0 aromatic heterocycles. The third-order valence-corrected chi connectivity index (χ3v) is 4.35. The molecule has 0 radical (unpaired) electrons. The van der Waals surface area contributed by atoms with Crippen LogP contribution in [0.1, 0.15) is 18.4 Å². The van der Waals surface area contributed by atoms with Crippen molar-refractivity contribution in [1.29, 1.82) is 0 Å². The quantitative estimate of drug-likeness (QED) is 0.818. The molecule has 0 saturated carbocycles. The molecule has 0 atom stereocenters. The first-order chi connectivity index (χ1) is 10.5. The van der Waals surface area contributed by atoms with Gasteiger partial charge in [0.15, 0.2) is 11.6 Å². The largest absolute Gasteiger partial charge is 0.494 e. The zero-order valence-corrected chi connectivity index (χ0v) is 12.3. The van der Waals surface area contributed by atoms with Gasteiger partial charge in [-0.2, -0.15) is 0 Å². The van der Waals surface area contributed by atoms with Gasteiger partial charge in [0.2, 0.25) is 0 Å². The number of ether oxygens (including phenoxy) is 1. The molecule has 0 bridgehead atoms. The number of nitrogens with zero attached hydrogens (tertiary/aromatic N) is 1. The number of urea groups is 1. The molecule has 2 heterocycles. The molecule has 2 N–H and O–H groups in total. The molecule has 1 aromatic rings. The van der Waals surface area contributed by atoms with E-state index in [1.54, 1.807) is 6.07 Å². The number of benzene rings is 1. The molecule has 1 spiro atoms. The highest BCUT2D eigenvalue weighted by Crippen LogP contribution is 2.27. The molecule has 1 aromatic carbocycles. The zero-order chi connectivity index (χ0) is 15.7. The van der Waals surface area contributed by atoms with Crippen LogP contribution in [0.5, 0.6) is 5.75 Å². The first kappa shape index (κ1) is 14.8. The fraction of sp³-hybridized carbons (Fsp3) is 0.467. The summed E-state index contributed by atoms with van der Waals surface area (Å²) in [5, 5.41) is 5.02.